The summed E-state index contributed by atoms with van der Waals surface area (Å²) >= 11 is 0. The predicted molar refractivity (Wildman–Crippen MR) is 84.3 cm³/mol. The Hall–Kier alpha value is -1.89. The quantitative estimate of drug-likeness (QED) is 0.731. The van der Waals surface area contributed by atoms with Gasteiger partial charge in [0.1, 0.15) is 0 Å². The van der Waals surface area contributed by atoms with Gasteiger partial charge < -0.3 is 0 Å². The average Bonchev–Trinajstić information content (AvgIpc) is 2.38. The highest BCUT2D eigenvalue weighted by molar-refractivity contribution is 6.10. The minimum absolute atomic E-state index is 0.122. The van der Waals surface area contributed by atoms with Crippen LogP contribution in [0.4, 0.5) is 0 Å². The standard InChI is InChI=1S/C19H22O/c1-13(2)12-16-8-10-17(11-9-16)19(20)18-14(3)6-5-7-15(18)4/h5-11,13H,12H2,1-4H3. The fourth-order valence-corrected chi connectivity index (χ4v) is 2.58. The molecule has 0 heterocycles. The first-order chi connectivity index (χ1) is 9.49. The molecule has 0 N–H and O–H groups in total. The van der Waals surface area contributed by atoms with Crippen LogP contribution in [0.5, 0.6) is 0 Å². The molecule has 2 aromatic rings. The van der Waals surface area contributed by atoms with Crippen molar-refractivity contribution < 1.29 is 4.79 Å². The smallest absolute Gasteiger partial charge is 0.193 e. The van der Waals surface area contributed by atoms with Crippen molar-refractivity contribution in [2.45, 2.75) is 34.1 Å². The summed E-state index contributed by atoms with van der Waals surface area (Å²) in [6.45, 7) is 8.40. The minimum atomic E-state index is 0.122. The third-order valence-corrected chi connectivity index (χ3v) is 3.57. The van der Waals surface area contributed by atoms with Crippen LogP contribution in [0.25, 0.3) is 0 Å². The molecule has 0 fully saturated rings. The van der Waals surface area contributed by atoms with Gasteiger partial charge in [0.2, 0.25) is 0 Å². The maximum absolute atomic E-state index is 12.6. The van der Waals surface area contributed by atoms with E-state index in [0.29, 0.717) is 5.92 Å². The Balaban J connectivity index is 2.30. The van der Waals surface area contributed by atoms with Crippen molar-refractivity contribution in [1.29, 1.82) is 0 Å². The molecule has 0 aliphatic heterocycles. The van der Waals surface area contributed by atoms with Gasteiger partial charge in [-0.1, -0.05) is 56.3 Å². The van der Waals surface area contributed by atoms with Crippen molar-refractivity contribution in [3.63, 3.8) is 0 Å². The lowest BCUT2D eigenvalue weighted by molar-refractivity contribution is 0.103. The van der Waals surface area contributed by atoms with Crippen molar-refractivity contribution in [2.75, 3.05) is 0 Å². The van der Waals surface area contributed by atoms with E-state index >= 15 is 0 Å². The molecular weight excluding hydrogens is 244 g/mol. The molecule has 104 valence electrons. The van der Waals surface area contributed by atoms with E-state index < -0.39 is 0 Å². The van der Waals surface area contributed by atoms with Crippen LogP contribution in [-0.2, 0) is 6.42 Å². The maximum atomic E-state index is 12.6. The fourth-order valence-electron chi connectivity index (χ4n) is 2.58. The molecule has 1 nitrogen and oxygen atoms in total. The summed E-state index contributed by atoms with van der Waals surface area (Å²) in [6.07, 6.45) is 1.05. The Kier molecular flexibility index (Phi) is 4.39. The lowest BCUT2D eigenvalue weighted by atomic mass is 9.93. The summed E-state index contributed by atoms with van der Waals surface area (Å²) in [5.74, 6) is 0.756. The second-order valence-electron chi connectivity index (χ2n) is 5.89. The maximum Gasteiger partial charge on any atom is 0.193 e. The van der Waals surface area contributed by atoms with Gasteiger partial charge in [0.25, 0.3) is 0 Å². The van der Waals surface area contributed by atoms with Crippen molar-refractivity contribution >= 4 is 5.78 Å². The molecule has 0 aliphatic carbocycles. The molecule has 0 spiro atoms. The van der Waals surface area contributed by atoms with Crippen LogP contribution in [0.2, 0.25) is 0 Å². The number of benzene rings is 2. The molecule has 2 rings (SSSR count). The van der Waals surface area contributed by atoms with Gasteiger partial charge in [-0.2, -0.15) is 0 Å². The van der Waals surface area contributed by atoms with E-state index in [1.54, 1.807) is 0 Å². The predicted octanol–water partition coefficient (Wildman–Crippen LogP) is 4.73. The lowest BCUT2D eigenvalue weighted by Gasteiger charge is -2.10. The average molecular weight is 266 g/mol. The minimum Gasteiger partial charge on any atom is -0.289 e. The Morgan fingerprint density at radius 2 is 1.50 bits per heavy atom. The molecule has 0 aliphatic rings. The Labute approximate surface area is 121 Å². The molecule has 0 aromatic heterocycles. The van der Waals surface area contributed by atoms with E-state index in [2.05, 4.69) is 26.0 Å². The van der Waals surface area contributed by atoms with Crippen LogP contribution in [0.1, 0.15) is 46.5 Å². The van der Waals surface area contributed by atoms with Crippen LogP contribution in [0.3, 0.4) is 0 Å². The van der Waals surface area contributed by atoms with Gasteiger partial charge in [-0.15, -0.1) is 0 Å². The van der Waals surface area contributed by atoms with E-state index in [-0.39, 0.29) is 5.78 Å². The number of ketones is 1. The first-order valence-electron chi connectivity index (χ1n) is 7.19. The number of hydrogen-bond donors (Lipinski definition) is 0. The van der Waals surface area contributed by atoms with Gasteiger partial charge in [-0.25, -0.2) is 0 Å². The summed E-state index contributed by atoms with van der Waals surface area (Å²) < 4.78 is 0. The van der Waals surface area contributed by atoms with Crippen molar-refractivity contribution in [2.24, 2.45) is 5.92 Å². The monoisotopic (exact) mass is 266 g/mol. The van der Waals surface area contributed by atoms with E-state index in [1.807, 2.05) is 44.2 Å². The highest BCUT2D eigenvalue weighted by Crippen LogP contribution is 2.19. The van der Waals surface area contributed by atoms with Crippen molar-refractivity contribution in [1.82, 2.24) is 0 Å². The largest absolute Gasteiger partial charge is 0.289 e. The zero-order valence-electron chi connectivity index (χ0n) is 12.7. The first-order valence-corrected chi connectivity index (χ1v) is 7.19. The van der Waals surface area contributed by atoms with Gasteiger partial charge in [0, 0.05) is 11.1 Å². The van der Waals surface area contributed by atoms with E-state index in [4.69, 9.17) is 0 Å². The Morgan fingerprint density at radius 3 is 2.00 bits per heavy atom. The van der Waals surface area contributed by atoms with Gasteiger partial charge in [-0.05, 0) is 42.9 Å². The normalized spacial score (nSPS) is 10.8. The van der Waals surface area contributed by atoms with Gasteiger partial charge in [0.15, 0.2) is 5.78 Å². The second-order valence-corrected chi connectivity index (χ2v) is 5.89. The molecule has 2 aromatic carbocycles. The molecule has 0 unspecified atom stereocenters. The van der Waals surface area contributed by atoms with Gasteiger partial charge >= 0.3 is 0 Å². The molecule has 1 heteroatoms. The molecule has 0 radical (unpaired) electrons. The van der Waals surface area contributed by atoms with Crippen molar-refractivity contribution in [3.8, 4) is 0 Å². The Morgan fingerprint density at radius 1 is 0.950 bits per heavy atom. The number of carbonyl (C=O) groups excluding carboxylic acids is 1. The van der Waals surface area contributed by atoms with E-state index in [0.717, 1.165) is 28.7 Å². The van der Waals surface area contributed by atoms with Crippen LogP contribution in [0.15, 0.2) is 42.5 Å². The SMILES string of the molecule is Cc1cccc(C)c1C(=O)c1ccc(CC(C)C)cc1. The zero-order valence-corrected chi connectivity index (χ0v) is 12.7. The van der Waals surface area contributed by atoms with Gasteiger partial charge in [-0.3, -0.25) is 4.79 Å². The molecule has 0 atom stereocenters. The topological polar surface area (TPSA) is 17.1 Å². The summed E-state index contributed by atoms with van der Waals surface area (Å²) in [4.78, 5) is 12.6. The number of aryl methyl sites for hydroxylation is 2. The van der Waals surface area contributed by atoms with Crippen LogP contribution >= 0.6 is 0 Å². The van der Waals surface area contributed by atoms with E-state index in [9.17, 15) is 4.79 Å². The molecule has 20 heavy (non-hydrogen) atoms. The van der Waals surface area contributed by atoms with E-state index in [1.165, 1.54) is 5.56 Å². The highest BCUT2D eigenvalue weighted by Gasteiger charge is 2.14. The first kappa shape index (κ1) is 14.5. The number of rotatable bonds is 4. The van der Waals surface area contributed by atoms with Crippen LogP contribution < -0.4 is 0 Å². The second kappa shape index (κ2) is 6.04. The number of carbonyl (C=O) groups is 1. The van der Waals surface area contributed by atoms with Gasteiger partial charge in [0.05, 0.1) is 0 Å². The molecule has 0 amide bonds. The molecule has 0 saturated carbocycles. The van der Waals surface area contributed by atoms with Crippen LogP contribution in [-0.4, -0.2) is 5.78 Å². The zero-order chi connectivity index (χ0) is 14.7. The summed E-state index contributed by atoms with van der Waals surface area (Å²) in [6, 6.07) is 14.0. The van der Waals surface area contributed by atoms with Crippen molar-refractivity contribution in [3.05, 3.63) is 70.3 Å². The highest BCUT2D eigenvalue weighted by atomic mass is 16.1. The molecular formula is C19H22O. The molecule has 0 bridgehead atoms. The number of hydrogen-bond acceptors (Lipinski definition) is 1. The summed E-state index contributed by atoms with van der Waals surface area (Å²) in [5, 5.41) is 0. The summed E-state index contributed by atoms with van der Waals surface area (Å²) in [7, 11) is 0. The molecule has 0 saturated heterocycles. The lowest BCUT2D eigenvalue weighted by Crippen LogP contribution is -2.06. The summed E-state index contributed by atoms with van der Waals surface area (Å²) in [5.41, 5.74) is 4.99. The third-order valence-electron chi connectivity index (χ3n) is 3.57. The Bertz CT molecular complexity index is 586. The third kappa shape index (κ3) is 3.16. The van der Waals surface area contributed by atoms with Crippen LogP contribution in [0, 0.1) is 19.8 Å². The fraction of sp³-hybridized carbons (Fsp3) is 0.316.